The summed E-state index contributed by atoms with van der Waals surface area (Å²) in [4.78, 5) is 0. The summed E-state index contributed by atoms with van der Waals surface area (Å²) >= 11 is 0. The van der Waals surface area contributed by atoms with Gasteiger partial charge in [-0.2, -0.15) is 0 Å². The molecule has 100 valence electrons. The maximum absolute atomic E-state index is 5.41. The minimum absolute atomic E-state index is 0.671. The minimum Gasteiger partial charge on any atom is -0.382 e. The van der Waals surface area contributed by atoms with E-state index in [2.05, 4.69) is 29.6 Å². The molecule has 1 aromatic carbocycles. The van der Waals surface area contributed by atoms with Gasteiger partial charge in [0.15, 0.2) is 0 Å². The summed E-state index contributed by atoms with van der Waals surface area (Å²) in [5.41, 5.74) is 2.97. The molecule has 0 saturated heterocycles. The van der Waals surface area contributed by atoms with Gasteiger partial charge in [0.1, 0.15) is 0 Å². The highest BCUT2D eigenvalue weighted by molar-refractivity contribution is 5.33. The van der Waals surface area contributed by atoms with Crippen LogP contribution >= 0.6 is 0 Å². The van der Waals surface area contributed by atoms with Gasteiger partial charge in [0.05, 0.1) is 19.8 Å². The Morgan fingerprint density at radius 3 is 2.78 bits per heavy atom. The van der Waals surface area contributed by atoms with E-state index in [1.165, 1.54) is 24.0 Å². The molecule has 1 saturated carbocycles. The van der Waals surface area contributed by atoms with Crippen molar-refractivity contribution in [3.05, 3.63) is 35.4 Å². The highest BCUT2D eigenvalue weighted by atomic mass is 16.5. The second-order valence-corrected chi connectivity index (χ2v) is 4.76. The Kier molecular flexibility index (Phi) is 5.65. The van der Waals surface area contributed by atoms with Crippen LogP contribution in [0.25, 0.3) is 0 Å². The molecule has 0 aromatic heterocycles. The lowest BCUT2D eigenvalue weighted by Crippen LogP contribution is -2.20. The van der Waals surface area contributed by atoms with Crippen LogP contribution in [0, 0.1) is 0 Å². The summed E-state index contributed by atoms with van der Waals surface area (Å²) in [6.07, 6.45) is 2.72. The highest BCUT2D eigenvalue weighted by Crippen LogP contribution is 2.41. The van der Waals surface area contributed by atoms with Crippen molar-refractivity contribution in [1.82, 2.24) is 5.32 Å². The molecule has 0 amide bonds. The van der Waals surface area contributed by atoms with Crippen LogP contribution in [0.2, 0.25) is 0 Å². The topological polar surface area (TPSA) is 30.5 Å². The van der Waals surface area contributed by atoms with Gasteiger partial charge < -0.3 is 14.8 Å². The summed E-state index contributed by atoms with van der Waals surface area (Å²) in [5, 5.41) is 3.44. The predicted octanol–water partition coefficient (Wildman–Crippen LogP) is 2.32. The third-order valence-electron chi connectivity index (χ3n) is 3.24. The zero-order chi connectivity index (χ0) is 12.6. The molecule has 0 atom stereocenters. The molecule has 1 fully saturated rings. The Morgan fingerprint density at radius 2 is 2.00 bits per heavy atom. The van der Waals surface area contributed by atoms with Gasteiger partial charge in [0.2, 0.25) is 0 Å². The van der Waals surface area contributed by atoms with E-state index in [0.717, 1.165) is 25.6 Å². The monoisotopic (exact) mass is 249 g/mol. The normalized spacial score (nSPS) is 14.9. The van der Waals surface area contributed by atoms with E-state index in [4.69, 9.17) is 9.47 Å². The van der Waals surface area contributed by atoms with Gasteiger partial charge in [-0.05, 0) is 29.9 Å². The maximum atomic E-state index is 5.41. The smallest absolute Gasteiger partial charge is 0.0700 e. The van der Waals surface area contributed by atoms with Gasteiger partial charge in [-0.3, -0.25) is 0 Å². The molecule has 1 aromatic rings. The summed E-state index contributed by atoms with van der Waals surface area (Å²) in [6, 6.07) is 8.76. The fourth-order valence-electron chi connectivity index (χ4n) is 2.10. The Hall–Kier alpha value is -0.900. The first-order valence-electron chi connectivity index (χ1n) is 6.77. The van der Waals surface area contributed by atoms with Crippen LogP contribution in [-0.2, 0) is 16.0 Å². The van der Waals surface area contributed by atoms with E-state index < -0.39 is 0 Å². The van der Waals surface area contributed by atoms with E-state index in [0.29, 0.717) is 13.2 Å². The van der Waals surface area contributed by atoms with Crippen molar-refractivity contribution >= 4 is 0 Å². The molecule has 0 aliphatic heterocycles. The lowest BCUT2D eigenvalue weighted by Gasteiger charge is -2.10. The van der Waals surface area contributed by atoms with Crippen LogP contribution in [0.5, 0.6) is 0 Å². The molecule has 3 nitrogen and oxygen atoms in total. The standard InChI is InChI=1S/C15H23NO2/c1-17-10-11-18-9-8-16-12-14-4-2-3-5-15(14)13-6-7-13/h2-5,13,16H,6-12H2,1H3. The van der Waals surface area contributed by atoms with Gasteiger partial charge in [-0.25, -0.2) is 0 Å². The largest absolute Gasteiger partial charge is 0.382 e. The minimum atomic E-state index is 0.671. The van der Waals surface area contributed by atoms with Gasteiger partial charge >= 0.3 is 0 Å². The van der Waals surface area contributed by atoms with Crippen molar-refractivity contribution in [2.24, 2.45) is 0 Å². The lowest BCUT2D eigenvalue weighted by molar-refractivity contribution is 0.0719. The number of hydrogen-bond acceptors (Lipinski definition) is 3. The first-order chi connectivity index (χ1) is 8.92. The molecule has 2 rings (SSSR count). The summed E-state index contributed by atoms with van der Waals surface area (Å²) in [6.45, 7) is 3.93. The number of hydrogen-bond donors (Lipinski definition) is 1. The zero-order valence-electron chi connectivity index (χ0n) is 11.2. The van der Waals surface area contributed by atoms with Gasteiger partial charge in [-0.15, -0.1) is 0 Å². The first kappa shape index (κ1) is 13.5. The summed E-state index contributed by atoms with van der Waals surface area (Å²) in [5.74, 6) is 0.820. The van der Waals surface area contributed by atoms with Crippen molar-refractivity contribution in [2.45, 2.75) is 25.3 Å². The zero-order valence-corrected chi connectivity index (χ0v) is 11.2. The van der Waals surface area contributed by atoms with Crippen LogP contribution in [-0.4, -0.2) is 33.5 Å². The Labute approximate surface area is 109 Å². The molecule has 0 heterocycles. The maximum Gasteiger partial charge on any atom is 0.0700 e. The van der Waals surface area contributed by atoms with Crippen molar-refractivity contribution < 1.29 is 9.47 Å². The fraction of sp³-hybridized carbons (Fsp3) is 0.600. The van der Waals surface area contributed by atoms with Crippen molar-refractivity contribution in [3.63, 3.8) is 0 Å². The highest BCUT2D eigenvalue weighted by Gasteiger charge is 2.25. The summed E-state index contributed by atoms with van der Waals surface area (Å²) in [7, 11) is 1.69. The number of nitrogens with one attached hydrogen (secondary N) is 1. The molecule has 1 aliphatic carbocycles. The average Bonchev–Trinajstić information content (AvgIpc) is 3.22. The predicted molar refractivity (Wildman–Crippen MR) is 72.8 cm³/mol. The van der Waals surface area contributed by atoms with E-state index in [9.17, 15) is 0 Å². The molecule has 0 spiro atoms. The van der Waals surface area contributed by atoms with Crippen LogP contribution in [0.15, 0.2) is 24.3 Å². The molecule has 3 heteroatoms. The quantitative estimate of drug-likeness (QED) is 0.681. The van der Waals surface area contributed by atoms with E-state index in [1.807, 2.05) is 0 Å². The number of rotatable bonds is 9. The van der Waals surface area contributed by atoms with Crippen LogP contribution in [0.1, 0.15) is 29.9 Å². The van der Waals surface area contributed by atoms with Crippen LogP contribution < -0.4 is 5.32 Å². The number of ether oxygens (including phenoxy) is 2. The molecule has 1 aliphatic rings. The van der Waals surface area contributed by atoms with Gasteiger partial charge in [-0.1, -0.05) is 24.3 Å². The molecular weight excluding hydrogens is 226 g/mol. The Balaban J connectivity index is 1.64. The molecule has 0 unspecified atom stereocenters. The van der Waals surface area contributed by atoms with Crippen LogP contribution in [0.4, 0.5) is 0 Å². The van der Waals surface area contributed by atoms with Crippen LogP contribution in [0.3, 0.4) is 0 Å². The van der Waals surface area contributed by atoms with E-state index in [-0.39, 0.29) is 0 Å². The molecule has 0 bridgehead atoms. The molecule has 1 N–H and O–H groups in total. The van der Waals surface area contributed by atoms with Gasteiger partial charge in [0.25, 0.3) is 0 Å². The lowest BCUT2D eigenvalue weighted by atomic mass is 10.0. The fourth-order valence-corrected chi connectivity index (χ4v) is 2.10. The number of benzene rings is 1. The second-order valence-electron chi connectivity index (χ2n) is 4.76. The Morgan fingerprint density at radius 1 is 1.17 bits per heavy atom. The van der Waals surface area contributed by atoms with E-state index >= 15 is 0 Å². The molecule has 18 heavy (non-hydrogen) atoms. The third kappa shape index (κ3) is 4.41. The van der Waals surface area contributed by atoms with Crippen molar-refractivity contribution in [1.29, 1.82) is 0 Å². The first-order valence-corrected chi connectivity index (χ1v) is 6.77. The summed E-state index contributed by atoms with van der Waals surface area (Å²) < 4.78 is 10.3. The molecular formula is C15H23NO2. The van der Waals surface area contributed by atoms with Crippen molar-refractivity contribution in [3.8, 4) is 0 Å². The number of methoxy groups -OCH3 is 1. The average molecular weight is 249 g/mol. The third-order valence-corrected chi connectivity index (χ3v) is 3.24. The van der Waals surface area contributed by atoms with Crippen molar-refractivity contribution in [2.75, 3.05) is 33.5 Å². The SMILES string of the molecule is COCCOCCNCc1ccccc1C1CC1. The molecule has 0 radical (unpaired) electrons. The Bertz CT molecular complexity index is 350. The van der Waals surface area contributed by atoms with Gasteiger partial charge in [0, 0.05) is 20.2 Å². The second kappa shape index (κ2) is 7.52. The van der Waals surface area contributed by atoms with E-state index in [1.54, 1.807) is 7.11 Å².